The van der Waals surface area contributed by atoms with E-state index < -0.39 is 23.5 Å². The van der Waals surface area contributed by atoms with Crippen LogP contribution in [0, 0.1) is 30.3 Å². The lowest BCUT2D eigenvalue weighted by Crippen LogP contribution is -2.57. The lowest BCUT2D eigenvalue weighted by molar-refractivity contribution is -0.181. The highest BCUT2D eigenvalue weighted by Gasteiger charge is 2.60. The summed E-state index contributed by atoms with van der Waals surface area (Å²) in [6, 6.07) is 3.65. The summed E-state index contributed by atoms with van der Waals surface area (Å²) in [4.78, 5) is 36.4. The van der Waals surface area contributed by atoms with Crippen LogP contribution in [0.3, 0.4) is 0 Å². The zero-order valence-corrected chi connectivity index (χ0v) is 21.9. The molecule has 0 saturated heterocycles. The first kappa shape index (κ1) is 23.8. The lowest BCUT2D eigenvalue weighted by Gasteiger charge is -2.57. The summed E-state index contributed by atoms with van der Waals surface area (Å²) < 4.78 is 18.2. The van der Waals surface area contributed by atoms with Gasteiger partial charge in [0.2, 0.25) is 0 Å². The maximum Gasteiger partial charge on any atom is 0.508 e. The summed E-state index contributed by atoms with van der Waals surface area (Å²) in [5.41, 5.74) is 0.175. The topological polar surface area (TPSA) is 99.1 Å². The van der Waals surface area contributed by atoms with Crippen molar-refractivity contribution in [1.29, 1.82) is 0 Å². The highest BCUT2D eigenvalue weighted by Crippen LogP contribution is 2.60. The summed E-state index contributed by atoms with van der Waals surface area (Å²) in [6.45, 7) is 5.06. The minimum Gasteiger partial charge on any atom is -0.481 e. The number of hydrogen-bond acceptors (Lipinski definition) is 6. The summed E-state index contributed by atoms with van der Waals surface area (Å²) in [6.07, 6.45) is 2.58. The monoisotopic (exact) mass is 666 g/mol. The van der Waals surface area contributed by atoms with Gasteiger partial charge in [-0.05, 0) is 114 Å². The van der Waals surface area contributed by atoms with Crippen LogP contribution >= 0.6 is 45.2 Å². The van der Waals surface area contributed by atoms with Gasteiger partial charge in [-0.2, -0.15) is 0 Å². The maximum absolute atomic E-state index is 12.5. The summed E-state index contributed by atoms with van der Waals surface area (Å²) in [7, 11) is 0. The molecule has 4 bridgehead atoms. The van der Waals surface area contributed by atoms with E-state index in [-0.39, 0.29) is 30.1 Å². The summed E-state index contributed by atoms with van der Waals surface area (Å²) >= 11 is 4.21. The Hall–Kier alpha value is -1.37. The first-order valence-electron chi connectivity index (χ1n) is 10.5. The van der Waals surface area contributed by atoms with Crippen molar-refractivity contribution < 1.29 is 33.7 Å². The number of carboxylic acid groups (broad SMARTS) is 1. The van der Waals surface area contributed by atoms with Crippen LogP contribution in [0.4, 0.5) is 4.79 Å². The minimum absolute atomic E-state index is 0.0654. The van der Waals surface area contributed by atoms with Gasteiger partial charge >= 0.3 is 18.1 Å². The van der Waals surface area contributed by atoms with Crippen LogP contribution in [0.1, 0.15) is 44.6 Å². The molecule has 1 aromatic rings. The Kier molecular flexibility index (Phi) is 6.77. The van der Waals surface area contributed by atoms with Crippen LogP contribution in [-0.2, 0) is 25.7 Å². The first-order chi connectivity index (χ1) is 15.1. The van der Waals surface area contributed by atoms with E-state index >= 15 is 0 Å². The van der Waals surface area contributed by atoms with Crippen LogP contribution in [0.15, 0.2) is 24.3 Å². The number of rotatable bonds is 6. The molecule has 4 fully saturated rings. The average Bonchev–Trinajstić information content (AvgIpc) is 2.70. The molecule has 0 aromatic heterocycles. The van der Waals surface area contributed by atoms with E-state index in [1.54, 1.807) is 13.0 Å². The predicted molar refractivity (Wildman–Crippen MR) is 131 cm³/mol. The number of benzene rings is 1. The molecule has 0 spiro atoms. The fraction of sp³-hybridized carbons (Fsp3) is 0.522. The highest BCUT2D eigenvalue weighted by molar-refractivity contribution is 14.1. The SMILES string of the molecule is C=C(C)C(=O)Oc1c(I)cc(I)cc1COC(=O)OC1C2CC3CC1CC(C(=O)O)(C3)C2. The fourth-order valence-electron chi connectivity index (χ4n) is 5.73. The molecule has 2 atom stereocenters. The molecular weight excluding hydrogens is 642 g/mol. The minimum atomic E-state index is -0.780. The van der Waals surface area contributed by atoms with Gasteiger partial charge in [0, 0.05) is 14.7 Å². The quantitative estimate of drug-likeness (QED) is 0.190. The Balaban J connectivity index is 1.42. The van der Waals surface area contributed by atoms with Gasteiger partial charge in [-0.15, -0.1) is 0 Å². The second-order valence-electron chi connectivity index (χ2n) is 9.22. The molecule has 4 saturated carbocycles. The predicted octanol–water partition coefficient (Wildman–Crippen LogP) is 5.31. The van der Waals surface area contributed by atoms with Crippen LogP contribution in [0.5, 0.6) is 5.75 Å². The van der Waals surface area contributed by atoms with E-state index in [4.69, 9.17) is 14.2 Å². The Morgan fingerprint density at radius 2 is 1.81 bits per heavy atom. The molecule has 9 heteroatoms. The molecule has 0 heterocycles. The highest BCUT2D eigenvalue weighted by atomic mass is 127. The smallest absolute Gasteiger partial charge is 0.481 e. The van der Waals surface area contributed by atoms with E-state index in [0.717, 1.165) is 26.4 Å². The summed E-state index contributed by atoms with van der Waals surface area (Å²) in [5, 5.41) is 9.75. The first-order valence-corrected chi connectivity index (χ1v) is 12.7. The Labute approximate surface area is 213 Å². The van der Waals surface area contributed by atoms with Gasteiger partial charge in [0.1, 0.15) is 12.7 Å². The molecule has 0 amide bonds. The molecule has 32 heavy (non-hydrogen) atoms. The van der Waals surface area contributed by atoms with Gasteiger partial charge in [0.15, 0.2) is 5.75 Å². The molecular formula is C23H24I2O7. The van der Waals surface area contributed by atoms with Crippen LogP contribution in [0.2, 0.25) is 0 Å². The third kappa shape index (κ3) is 4.64. The molecule has 2 unspecified atom stereocenters. The lowest BCUT2D eigenvalue weighted by atomic mass is 9.48. The van der Waals surface area contributed by atoms with Crippen LogP contribution < -0.4 is 4.74 Å². The van der Waals surface area contributed by atoms with E-state index in [1.807, 2.05) is 6.07 Å². The molecule has 0 radical (unpaired) electrons. The van der Waals surface area contributed by atoms with Crippen LogP contribution in [-0.4, -0.2) is 29.3 Å². The van der Waals surface area contributed by atoms with E-state index in [9.17, 15) is 19.5 Å². The van der Waals surface area contributed by atoms with Gasteiger partial charge < -0.3 is 19.3 Å². The third-order valence-electron chi connectivity index (χ3n) is 6.85. The largest absolute Gasteiger partial charge is 0.508 e. The molecule has 0 aliphatic heterocycles. The van der Waals surface area contributed by atoms with Crippen molar-refractivity contribution in [2.75, 3.05) is 0 Å². The van der Waals surface area contributed by atoms with Crippen molar-refractivity contribution in [3.63, 3.8) is 0 Å². The van der Waals surface area contributed by atoms with Crippen molar-refractivity contribution in [3.8, 4) is 5.75 Å². The number of carbonyl (C=O) groups is 3. The maximum atomic E-state index is 12.5. The number of carboxylic acids is 1. The second-order valence-corrected chi connectivity index (χ2v) is 11.6. The van der Waals surface area contributed by atoms with Crippen molar-refractivity contribution >= 4 is 63.3 Å². The molecule has 5 rings (SSSR count). The third-order valence-corrected chi connectivity index (χ3v) is 8.27. The molecule has 4 aliphatic carbocycles. The zero-order valence-electron chi connectivity index (χ0n) is 17.6. The Morgan fingerprint density at radius 1 is 1.16 bits per heavy atom. The van der Waals surface area contributed by atoms with Gasteiger partial charge in [-0.1, -0.05) is 6.58 Å². The second kappa shape index (κ2) is 9.11. The fourth-order valence-corrected chi connectivity index (χ4v) is 7.80. The zero-order chi connectivity index (χ0) is 23.2. The molecule has 4 aliphatic rings. The number of carbonyl (C=O) groups excluding carboxylic acids is 2. The Bertz CT molecular complexity index is 973. The van der Waals surface area contributed by atoms with Crippen molar-refractivity contribution in [3.05, 3.63) is 37.0 Å². The number of aliphatic carboxylic acids is 1. The Morgan fingerprint density at radius 3 is 2.41 bits per heavy atom. The van der Waals surface area contributed by atoms with Crippen molar-refractivity contribution in [1.82, 2.24) is 0 Å². The molecule has 1 aromatic carbocycles. The number of esters is 1. The van der Waals surface area contributed by atoms with Gasteiger partial charge in [-0.25, -0.2) is 9.59 Å². The average molecular weight is 666 g/mol. The van der Waals surface area contributed by atoms with Crippen LogP contribution in [0.25, 0.3) is 0 Å². The van der Waals surface area contributed by atoms with Gasteiger partial charge in [-0.3, -0.25) is 4.79 Å². The van der Waals surface area contributed by atoms with E-state index in [1.165, 1.54) is 0 Å². The molecule has 1 N–H and O–H groups in total. The van der Waals surface area contributed by atoms with Gasteiger partial charge in [0.05, 0.1) is 8.99 Å². The normalized spacial score (nSPS) is 30.0. The van der Waals surface area contributed by atoms with E-state index in [0.29, 0.717) is 30.1 Å². The molecule has 172 valence electrons. The number of ether oxygens (including phenoxy) is 3. The molecule has 7 nitrogen and oxygen atoms in total. The van der Waals surface area contributed by atoms with Crippen molar-refractivity contribution in [2.45, 2.75) is 51.7 Å². The number of hydrogen-bond donors (Lipinski definition) is 1. The van der Waals surface area contributed by atoms with E-state index in [2.05, 4.69) is 51.8 Å². The standard InChI is InChI=1S/C23H24I2O7/c1-11(2)20(26)31-19-15(5-16(24)6-17(19)25)10-30-22(29)32-18-13-3-12-4-14(18)9-23(7-12,8-13)21(27)28/h5-6,12-14,18H,1,3-4,7-10H2,2H3,(H,27,28). The van der Waals surface area contributed by atoms with Gasteiger partial charge in [0.25, 0.3) is 0 Å². The summed E-state index contributed by atoms with van der Waals surface area (Å²) in [5.74, 6) is -0.397. The number of halogens is 2. The van der Waals surface area contributed by atoms with Crippen molar-refractivity contribution in [2.24, 2.45) is 23.2 Å².